The molecule has 4 nitrogen and oxygen atoms in total. The van der Waals surface area contributed by atoms with E-state index in [2.05, 4.69) is 16.4 Å². The molecule has 1 saturated heterocycles. The lowest BCUT2D eigenvalue weighted by Crippen LogP contribution is -2.47. The first-order valence-electron chi connectivity index (χ1n) is 11.1. The molecule has 0 radical (unpaired) electrons. The molecule has 1 atom stereocenters. The molecule has 7 heteroatoms. The molecule has 1 N–H and O–H groups in total. The maximum atomic E-state index is 12.9. The molecule has 2 aromatic rings. The van der Waals surface area contributed by atoms with E-state index in [-0.39, 0.29) is 16.6 Å². The van der Waals surface area contributed by atoms with Crippen LogP contribution in [0, 0.1) is 6.92 Å². The zero-order chi connectivity index (χ0) is 22.0. The third-order valence-corrected chi connectivity index (χ3v) is 6.89. The second kappa shape index (κ2) is 8.87. The molecular weight excluding hydrogens is 403 g/mol. The fourth-order valence-electron chi connectivity index (χ4n) is 5.38. The van der Waals surface area contributed by atoms with Gasteiger partial charge in [0.25, 0.3) is 0 Å². The first-order chi connectivity index (χ1) is 14.8. The van der Waals surface area contributed by atoms with Crippen LogP contribution in [-0.4, -0.2) is 28.7 Å². The lowest BCUT2D eigenvalue weighted by Gasteiger charge is -2.46. The van der Waals surface area contributed by atoms with E-state index in [4.69, 9.17) is 9.72 Å². The highest BCUT2D eigenvalue weighted by atomic mass is 19.4. The van der Waals surface area contributed by atoms with Crippen LogP contribution >= 0.6 is 0 Å². The van der Waals surface area contributed by atoms with Gasteiger partial charge in [-0.25, -0.2) is 0 Å². The predicted molar refractivity (Wildman–Crippen MR) is 113 cm³/mol. The Bertz CT molecular complexity index is 881. The molecule has 2 aliphatic rings. The summed E-state index contributed by atoms with van der Waals surface area (Å²) < 4.78 is 45.1. The molecule has 2 aromatic heterocycles. The van der Waals surface area contributed by atoms with E-state index in [1.165, 1.54) is 26.0 Å². The highest BCUT2D eigenvalue weighted by Crippen LogP contribution is 2.49. The van der Waals surface area contributed by atoms with Crippen LogP contribution in [0.3, 0.4) is 0 Å². The molecule has 168 valence electrons. The topological polar surface area (TPSA) is 47.0 Å². The molecule has 3 heterocycles. The first kappa shape index (κ1) is 22.2. The van der Waals surface area contributed by atoms with Gasteiger partial charge in [0.15, 0.2) is 0 Å². The van der Waals surface area contributed by atoms with Crippen molar-refractivity contribution in [3.05, 3.63) is 59.2 Å². The maximum absolute atomic E-state index is 12.9. The van der Waals surface area contributed by atoms with Gasteiger partial charge in [-0.3, -0.25) is 9.97 Å². The van der Waals surface area contributed by atoms with Crippen LogP contribution in [0.5, 0.6) is 0 Å². The molecule has 2 fully saturated rings. The van der Waals surface area contributed by atoms with Gasteiger partial charge in [-0.1, -0.05) is 25.0 Å². The summed E-state index contributed by atoms with van der Waals surface area (Å²) in [5.74, 6) is 0. The SMILES string of the molecule is Cc1cc(CNCC[C@]2(c3ccccn3)CCOC3(CCCC3)C2)cnc1C(F)(F)F. The van der Waals surface area contributed by atoms with Crippen molar-refractivity contribution in [2.45, 2.75) is 75.6 Å². The smallest absolute Gasteiger partial charge is 0.375 e. The van der Waals surface area contributed by atoms with Gasteiger partial charge in [-0.2, -0.15) is 13.2 Å². The molecular formula is C24H30F3N3O. The molecule has 1 saturated carbocycles. The van der Waals surface area contributed by atoms with Gasteiger partial charge in [0.2, 0.25) is 0 Å². The Morgan fingerprint density at radius 2 is 1.94 bits per heavy atom. The van der Waals surface area contributed by atoms with E-state index in [1.807, 2.05) is 18.3 Å². The number of pyridine rings is 2. The molecule has 1 aliphatic heterocycles. The quantitative estimate of drug-likeness (QED) is 0.625. The molecule has 0 bridgehead atoms. The van der Waals surface area contributed by atoms with Crippen molar-refractivity contribution < 1.29 is 17.9 Å². The summed E-state index contributed by atoms with van der Waals surface area (Å²) in [5.41, 5.74) is 1.17. The lowest BCUT2D eigenvalue weighted by molar-refractivity contribution is -0.141. The third-order valence-electron chi connectivity index (χ3n) is 6.89. The second-order valence-corrected chi connectivity index (χ2v) is 9.09. The number of aryl methyl sites for hydroxylation is 1. The summed E-state index contributed by atoms with van der Waals surface area (Å²) in [7, 11) is 0. The van der Waals surface area contributed by atoms with Crippen molar-refractivity contribution in [2.75, 3.05) is 13.2 Å². The first-order valence-corrected chi connectivity index (χ1v) is 11.1. The summed E-state index contributed by atoms with van der Waals surface area (Å²) in [6.07, 6.45) is 6.28. The standard InChI is InChI=1S/C24H30F3N3O/c1-18-14-19(16-30-21(18)24(25,26)27)15-28-12-9-22(20-6-2-5-11-29-20)10-13-31-23(17-22)7-3-4-8-23/h2,5-6,11,14,16,28H,3-4,7-10,12-13,15,17H2,1H3/t22-/m0/s1. The van der Waals surface area contributed by atoms with Crippen LogP contribution in [0.25, 0.3) is 0 Å². The van der Waals surface area contributed by atoms with Crippen molar-refractivity contribution in [3.63, 3.8) is 0 Å². The van der Waals surface area contributed by atoms with Crippen molar-refractivity contribution in [1.29, 1.82) is 0 Å². The number of ether oxygens (including phenoxy) is 1. The minimum atomic E-state index is -4.41. The van der Waals surface area contributed by atoms with Crippen molar-refractivity contribution in [3.8, 4) is 0 Å². The van der Waals surface area contributed by atoms with Crippen molar-refractivity contribution in [2.24, 2.45) is 0 Å². The predicted octanol–water partition coefficient (Wildman–Crippen LogP) is 5.34. The fraction of sp³-hybridized carbons (Fsp3) is 0.583. The number of aromatic nitrogens is 2. The van der Waals surface area contributed by atoms with Crippen molar-refractivity contribution in [1.82, 2.24) is 15.3 Å². The van der Waals surface area contributed by atoms with Crippen LogP contribution in [-0.2, 0) is 22.9 Å². The van der Waals surface area contributed by atoms with Gasteiger partial charge >= 0.3 is 6.18 Å². The highest BCUT2D eigenvalue weighted by Gasteiger charge is 2.48. The molecule has 4 rings (SSSR count). The summed E-state index contributed by atoms with van der Waals surface area (Å²) in [6.45, 7) is 3.45. The van der Waals surface area contributed by atoms with Gasteiger partial charge in [0, 0.05) is 36.7 Å². The average molecular weight is 434 g/mol. The van der Waals surface area contributed by atoms with E-state index in [9.17, 15) is 13.2 Å². The van der Waals surface area contributed by atoms with Crippen LogP contribution in [0.1, 0.15) is 67.5 Å². The van der Waals surface area contributed by atoms with E-state index in [0.717, 1.165) is 56.5 Å². The van der Waals surface area contributed by atoms with E-state index >= 15 is 0 Å². The third kappa shape index (κ3) is 4.93. The largest absolute Gasteiger partial charge is 0.433 e. The Hall–Kier alpha value is -1.99. The summed E-state index contributed by atoms with van der Waals surface area (Å²) in [6, 6.07) is 7.68. The fourth-order valence-corrected chi connectivity index (χ4v) is 5.38. The molecule has 1 spiro atoms. The van der Waals surface area contributed by atoms with Crippen LogP contribution in [0.2, 0.25) is 0 Å². The normalized spacial score (nSPS) is 23.4. The second-order valence-electron chi connectivity index (χ2n) is 9.09. The van der Waals surface area contributed by atoms with Crippen LogP contribution in [0.15, 0.2) is 36.7 Å². The highest BCUT2D eigenvalue weighted by molar-refractivity contribution is 5.26. The summed E-state index contributed by atoms with van der Waals surface area (Å²) in [5, 5.41) is 3.42. The number of hydrogen-bond acceptors (Lipinski definition) is 4. The van der Waals surface area contributed by atoms with E-state index < -0.39 is 11.9 Å². The zero-order valence-electron chi connectivity index (χ0n) is 18.0. The number of rotatable bonds is 6. The van der Waals surface area contributed by atoms with E-state index in [0.29, 0.717) is 6.54 Å². The zero-order valence-corrected chi connectivity index (χ0v) is 18.0. The van der Waals surface area contributed by atoms with Gasteiger partial charge < -0.3 is 10.1 Å². The molecule has 0 aromatic carbocycles. The Morgan fingerprint density at radius 1 is 1.13 bits per heavy atom. The minimum absolute atomic E-state index is 0.0236. The Labute approximate surface area is 181 Å². The van der Waals surface area contributed by atoms with Gasteiger partial charge in [0.1, 0.15) is 5.69 Å². The average Bonchev–Trinajstić information content (AvgIpc) is 3.18. The Kier molecular flexibility index (Phi) is 6.35. The Balaban J connectivity index is 1.42. The van der Waals surface area contributed by atoms with Crippen molar-refractivity contribution >= 4 is 0 Å². The van der Waals surface area contributed by atoms with Crippen LogP contribution < -0.4 is 5.32 Å². The minimum Gasteiger partial charge on any atom is -0.375 e. The molecule has 31 heavy (non-hydrogen) atoms. The van der Waals surface area contributed by atoms with Gasteiger partial charge in [0.05, 0.1) is 5.60 Å². The van der Waals surface area contributed by atoms with Crippen LogP contribution in [0.4, 0.5) is 13.2 Å². The number of halogens is 3. The molecule has 0 unspecified atom stereocenters. The number of hydrogen-bond donors (Lipinski definition) is 1. The molecule has 0 amide bonds. The lowest BCUT2D eigenvalue weighted by atomic mass is 9.68. The van der Waals surface area contributed by atoms with Gasteiger partial charge in [-0.15, -0.1) is 0 Å². The monoisotopic (exact) mass is 433 g/mol. The number of nitrogens with one attached hydrogen (secondary N) is 1. The molecule has 1 aliphatic carbocycles. The number of alkyl halides is 3. The summed E-state index contributed by atoms with van der Waals surface area (Å²) >= 11 is 0. The van der Waals surface area contributed by atoms with Gasteiger partial charge in [-0.05, 0) is 68.8 Å². The Morgan fingerprint density at radius 3 is 2.61 bits per heavy atom. The van der Waals surface area contributed by atoms with E-state index in [1.54, 1.807) is 6.07 Å². The summed E-state index contributed by atoms with van der Waals surface area (Å²) in [4.78, 5) is 8.35. The maximum Gasteiger partial charge on any atom is 0.433 e. The number of nitrogens with zero attached hydrogens (tertiary/aromatic N) is 2.